The van der Waals surface area contributed by atoms with E-state index in [-0.39, 0.29) is 11.4 Å². The molecule has 0 amide bonds. The van der Waals surface area contributed by atoms with E-state index in [2.05, 4.69) is 29.7 Å². The number of hydrogen-bond acceptors (Lipinski definition) is 5. The third-order valence-corrected chi connectivity index (χ3v) is 7.23. The van der Waals surface area contributed by atoms with Crippen LogP contribution in [0.1, 0.15) is 41.8 Å². The van der Waals surface area contributed by atoms with Gasteiger partial charge in [-0.15, -0.1) is 0 Å². The van der Waals surface area contributed by atoms with E-state index in [0.717, 1.165) is 39.1 Å². The fourth-order valence-corrected chi connectivity index (χ4v) is 5.16. The van der Waals surface area contributed by atoms with Crippen molar-refractivity contribution in [1.82, 2.24) is 9.80 Å². The number of hydrogen-bond donors (Lipinski definition) is 1. The molecular formula is C25H32N2O3. The number of piperazine rings is 1. The monoisotopic (exact) mass is 408 g/mol. The Morgan fingerprint density at radius 1 is 1.17 bits per heavy atom. The van der Waals surface area contributed by atoms with Gasteiger partial charge in [-0.25, -0.2) is 4.79 Å². The van der Waals surface area contributed by atoms with Gasteiger partial charge >= 0.3 is 5.97 Å². The number of phenolic OH excluding ortho intramolecular Hbond substituents is 1. The van der Waals surface area contributed by atoms with Gasteiger partial charge in [0.05, 0.1) is 12.7 Å². The van der Waals surface area contributed by atoms with Gasteiger partial charge in [-0.05, 0) is 53.1 Å². The average Bonchev–Trinajstić information content (AvgIpc) is 2.75. The maximum absolute atomic E-state index is 11.6. The molecule has 0 bridgehead atoms. The Kier molecular flexibility index (Phi) is 5.85. The van der Waals surface area contributed by atoms with Gasteiger partial charge in [0.15, 0.2) is 0 Å². The SMILES string of the molecule is COC(=O)c1ccc(CN2CCN3CC(C)C(C)(c4cccc(O)c4)CC3C2)cc1. The minimum atomic E-state index is -0.294. The highest BCUT2D eigenvalue weighted by molar-refractivity contribution is 5.89. The Balaban J connectivity index is 1.45. The molecule has 1 N–H and O–H groups in total. The highest BCUT2D eigenvalue weighted by Gasteiger charge is 2.44. The van der Waals surface area contributed by atoms with Crippen molar-refractivity contribution in [3.63, 3.8) is 0 Å². The molecule has 2 aliphatic heterocycles. The zero-order chi connectivity index (χ0) is 21.3. The molecule has 0 aliphatic carbocycles. The van der Waals surface area contributed by atoms with E-state index < -0.39 is 0 Å². The molecule has 2 saturated heterocycles. The van der Waals surface area contributed by atoms with Crippen LogP contribution < -0.4 is 0 Å². The van der Waals surface area contributed by atoms with Gasteiger partial charge in [-0.2, -0.15) is 0 Å². The molecule has 4 rings (SSSR count). The first-order chi connectivity index (χ1) is 14.4. The number of esters is 1. The molecular weight excluding hydrogens is 376 g/mol. The molecule has 2 fully saturated rings. The molecule has 5 nitrogen and oxygen atoms in total. The number of ether oxygens (including phenoxy) is 1. The molecule has 0 aromatic heterocycles. The Hall–Kier alpha value is -2.37. The largest absolute Gasteiger partial charge is 0.508 e. The van der Waals surface area contributed by atoms with Crippen molar-refractivity contribution in [2.45, 2.75) is 38.3 Å². The van der Waals surface area contributed by atoms with Crippen molar-refractivity contribution in [2.24, 2.45) is 5.92 Å². The first-order valence-electron chi connectivity index (χ1n) is 10.8. The van der Waals surface area contributed by atoms with E-state index >= 15 is 0 Å². The van der Waals surface area contributed by atoms with Gasteiger partial charge in [-0.1, -0.05) is 38.1 Å². The van der Waals surface area contributed by atoms with Crippen LogP contribution in [0.25, 0.3) is 0 Å². The maximum Gasteiger partial charge on any atom is 0.337 e. The molecule has 0 radical (unpaired) electrons. The first-order valence-corrected chi connectivity index (χ1v) is 10.8. The second-order valence-corrected chi connectivity index (χ2v) is 9.15. The minimum absolute atomic E-state index is 0.0606. The number of rotatable bonds is 4. The summed E-state index contributed by atoms with van der Waals surface area (Å²) in [5.41, 5.74) is 3.11. The summed E-state index contributed by atoms with van der Waals surface area (Å²) in [6.45, 7) is 9.88. The number of nitrogens with zero attached hydrogens (tertiary/aromatic N) is 2. The molecule has 2 aliphatic rings. The zero-order valence-electron chi connectivity index (χ0n) is 18.2. The summed E-state index contributed by atoms with van der Waals surface area (Å²) < 4.78 is 4.79. The number of piperidine rings is 1. The molecule has 2 heterocycles. The predicted octanol–water partition coefficient (Wildman–Crippen LogP) is 3.66. The van der Waals surface area contributed by atoms with Crippen LogP contribution in [0.4, 0.5) is 0 Å². The number of methoxy groups -OCH3 is 1. The molecule has 0 spiro atoms. The molecule has 3 atom stereocenters. The number of carbonyl (C=O) groups is 1. The molecule has 3 unspecified atom stereocenters. The molecule has 2 aromatic rings. The Morgan fingerprint density at radius 2 is 1.93 bits per heavy atom. The fraction of sp³-hybridized carbons (Fsp3) is 0.480. The van der Waals surface area contributed by atoms with Crippen molar-refractivity contribution in [3.05, 3.63) is 65.2 Å². The van der Waals surface area contributed by atoms with Crippen molar-refractivity contribution >= 4 is 5.97 Å². The second-order valence-electron chi connectivity index (χ2n) is 9.15. The van der Waals surface area contributed by atoms with E-state index in [0.29, 0.717) is 23.3 Å². The molecule has 160 valence electrons. The topological polar surface area (TPSA) is 53.0 Å². The van der Waals surface area contributed by atoms with Gasteiger partial charge in [0.2, 0.25) is 0 Å². The lowest BCUT2D eigenvalue weighted by molar-refractivity contribution is -0.00557. The summed E-state index contributed by atoms with van der Waals surface area (Å²) in [5.74, 6) is 0.592. The van der Waals surface area contributed by atoms with Crippen LogP contribution in [0.3, 0.4) is 0 Å². The number of phenols is 1. The lowest BCUT2D eigenvalue weighted by Crippen LogP contribution is -2.60. The van der Waals surface area contributed by atoms with Crippen LogP contribution in [-0.4, -0.2) is 60.2 Å². The summed E-state index contributed by atoms with van der Waals surface area (Å²) >= 11 is 0. The number of fused-ring (bicyclic) bond motifs is 1. The summed E-state index contributed by atoms with van der Waals surface area (Å²) in [5, 5.41) is 10.0. The summed E-state index contributed by atoms with van der Waals surface area (Å²) in [7, 11) is 1.41. The van der Waals surface area contributed by atoms with Crippen molar-refractivity contribution in [3.8, 4) is 5.75 Å². The van der Waals surface area contributed by atoms with Gasteiger partial charge in [0.1, 0.15) is 5.75 Å². The molecule has 30 heavy (non-hydrogen) atoms. The van der Waals surface area contributed by atoms with E-state index in [4.69, 9.17) is 4.74 Å². The molecule has 0 saturated carbocycles. The quantitative estimate of drug-likeness (QED) is 0.783. The molecule has 5 heteroatoms. The Labute approximate surface area is 179 Å². The zero-order valence-corrected chi connectivity index (χ0v) is 18.2. The highest BCUT2D eigenvalue weighted by Crippen LogP contribution is 2.43. The standard InChI is InChI=1S/C25H32N2O3/c1-18-15-27-12-11-26(16-19-7-9-20(10-8-19)24(29)30-3)17-22(27)14-25(18,2)21-5-4-6-23(28)13-21/h4-10,13,18,22,28H,11-12,14-17H2,1-3H3. The van der Waals surface area contributed by atoms with Gasteiger partial charge < -0.3 is 9.84 Å². The smallest absolute Gasteiger partial charge is 0.337 e. The summed E-state index contributed by atoms with van der Waals surface area (Å²) in [6, 6.07) is 16.1. The van der Waals surface area contributed by atoms with Crippen LogP contribution in [0.2, 0.25) is 0 Å². The number of benzene rings is 2. The number of carbonyl (C=O) groups excluding carboxylic acids is 1. The van der Waals surface area contributed by atoms with Crippen LogP contribution in [0.15, 0.2) is 48.5 Å². The Bertz CT molecular complexity index is 898. The van der Waals surface area contributed by atoms with E-state index in [1.165, 1.54) is 18.2 Å². The van der Waals surface area contributed by atoms with Crippen LogP contribution in [-0.2, 0) is 16.7 Å². The van der Waals surface area contributed by atoms with Crippen molar-refractivity contribution in [1.29, 1.82) is 0 Å². The van der Waals surface area contributed by atoms with Gasteiger partial charge in [0, 0.05) is 38.8 Å². The lowest BCUT2D eigenvalue weighted by atomic mass is 9.65. The highest BCUT2D eigenvalue weighted by atomic mass is 16.5. The minimum Gasteiger partial charge on any atom is -0.508 e. The van der Waals surface area contributed by atoms with Crippen LogP contribution in [0.5, 0.6) is 5.75 Å². The predicted molar refractivity (Wildman–Crippen MR) is 118 cm³/mol. The van der Waals surface area contributed by atoms with Crippen LogP contribution >= 0.6 is 0 Å². The van der Waals surface area contributed by atoms with Gasteiger partial charge in [0.25, 0.3) is 0 Å². The van der Waals surface area contributed by atoms with E-state index in [1.807, 2.05) is 36.4 Å². The second kappa shape index (κ2) is 8.40. The lowest BCUT2D eigenvalue weighted by Gasteiger charge is -2.53. The van der Waals surface area contributed by atoms with Crippen molar-refractivity contribution < 1.29 is 14.6 Å². The van der Waals surface area contributed by atoms with Gasteiger partial charge in [-0.3, -0.25) is 9.80 Å². The summed E-state index contributed by atoms with van der Waals surface area (Å²) in [6.07, 6.45) is 1.09. The normalized spacial score (nSPS) is 27.4. The summed E-state index contributed by atoms with van der Waals surface area (Å²) in [4.78, 5) is 16.8. The van der Waals surface area contributed by atoms with Crippen LogP contribution in [0, 0.1) is 5.92 Å². The maximum atomic E-state index is 11.6. The Morgan fingerprint density at radius 3 is 2.63 bits per heavy atom. The fourth-order valence-electron chi connectivity index (χ4n) is 5.16. The third-order valence-electron chi connectivity index (χ3n) is 7.23. The van der Waals surface area contributed by atoms with E-state index in [1.54, 1.807) is 6.07 Å². The number of aromatic hydroxyl groups is 1. The third kappa shape index (κ3) is 4.09. The molecule has 2 aromatic carbocycles. The average molecular weight is 409 g/mol. The van der Waals surface area contributed by atoms with E-state index in [9.17, 15) is 9.90 Å². The first kappa shape index (κ1) is 20.9. The van der Waals surface area contributed by atoms with Crippen molar-refractivity contribution in [2.75, 3.05) is 33.3 Å².